The number of amides is 2. The molecule has 42 heavy (non-hydrogen) atoms. The molecule has 6 N–H and O–H groups in total. The molecule has 3 aromatic rings. The standard InChI is InChI=1S/C32H34N4O4.C2H6/c33-30(34)26-7-4-8-27(20-26)36-32(40)28(24-15-13-23(14-16-24)22-5-2-1-3-6-22)19-21-9-11-25(12-10-21)31(39)35-18-17-29(37)38;1-2/h4-5,7-16,20,28H,1-3,6,17-19H2,(H3,33,34)(H,35,39)(H,36,40)(H,37,38);1-2H3. The van der Waals surface area contributed by atoms with Gasteiger partial charge in [0.05, 0.1) is 12.3 Å². The maximum Gasteiger partial charge on any atom is 0.305 e. The Bertz CT molecular complexity index is 1410. The normalized spacial score (nSPS) is 13.0. The van der Waals surface area contributed by atoms with E-state index in [1.807, 2.05) is 38.1 Å². The Kier molecular flexibility index (Phi) is 12.0. The molecule has 2 amide bonds. The van der Waals surface area contributed by atoms with Crippen molar-refractivity contribution in [2.75, 3.05) is 11.9 Å². The first kappa shape index (κ1) is 31.8. The Morgan fingerprint density at radius 3 is 2.29 bits per heavy atom. The van der Waals surface area contributed by atoms with E-state index < -0.39 is 11.9 Å². The summed E-state index contributed by atoms with van der Waals surface area (Å²) in [6, 6.07) is 22.0. The maximum absolute atomic E-state index is 13.6. The van der Waals surface area contributed by atoms with Crippen LogP contribution in [0, 0.1) is 5.41 Å². The molecule has 0 fully saturated rings. The van der Waals surface area contributed by atoms with Gasteiger partial charge in [-0.25, -0.2) is 0 Å². The van der Waals surface area contributed by atoms with Gasteiger partial charge in [0.2, 0.25) is 5.91 Å². The van der Waals surface area contributed by atoms with Gasteiger partial charge in [-0.15, -0.1) is 0 Å². The predicted molar refractivity (Wildman–Crippen MR) is 168 cm³/mol. The number of amidine groups is 1. The third kappa shape index (κ3) is 9.16. The van der Waals surface area contributed by atoms with Crippen LogP contribution in [0.5, 0.6) is 0 Å². The van der Waals surface area contributed by atoms with Crippen LogP contribution < -0.4 is 16.4 Å². The van der Waals surface area contributed by atoms with Gasteiger partial charge in [0.1, 0.15) is 5.84 Å². The molecule has 3 aromatic carbocycles. The Balaban J connectivity index is 0.00000237. The molecule has 0 aromatic heterocycles. The second kappa shape index (κ2) is 15.9. The quantitative estimate of drug-likeness (QED) is 0.140. The lowest BCUT2D eigenvalue weighted by atomic mass is 9.88. The van der Waals surface area contributed by atoms with Crippen LogP contribution >= 0.6 is 0 Å². The molecule has 8 heteroatoms. The number of nitrogen functional groups attached to an aromatic ring is 1. The van der Waals surface area contributed by atoms with Crippen LogP contribution in [0.1, 0.15) is 84.5 Å². The van der Waals surface area contributed by atoms with E-state index in [1.165, 1.54) is 24.0 Å². The van der Waals surface area contributed by atoms with Crippen molar-refractivity contribution >= 4 is 34.9 Å². The number of anilines is 1. The van der Waals surface area contributed by atoms with Gasteiger partial charge in [-0.05, 0) is 78.6 Å². The van der Waals surface area contributed by atoms with Crippen molar-refractivity contribution in [2.24, 2.45) is 5.73 Å². The average molecular weight is 569 g/mol. The molecule has 0 spiro atoms. The number of nitrogens with one attached hydrogen (secondary N) is 3. The molecule has 220 valence electrons. The number of carboxylic acid groups (broad SMARTS) is 1. The fourth-order valence-electron chi connectivity index (χ4n) is 4.80. The minimum Gasteiger partial charge on any atom is -0.481 e. The first-order chi connectivity index (χ1) is 20.3. The average Bonchev–Trinajstić information content (AvgIpc) is 3.01. The smallest absolute Gasteiger partial charge is 0.305 e. The van der Waals surface area contributed by atoms with Crippen LogP contribution in [-0.2, 0) is 16.0 Å². The molecule has 0 heterocycles. The van der Waals surface area contributed by atoms with Crippen LogP contribution in [-0.4, -0.2) is 35.3 Å². The van der Waals surface area contributed by atoms with Crippen LogP contribution in [0.2, 0.25) is 0 Å². The molecule has 1 aliphatic carbocycles. The van der Waals surface area contributed by atoms with Crippen molar-refractivity contribution < 1.29 is 19.5 Å². The number of carbonyl (C=O) groups is 3. The lowest BCUT2D eigenvalue weighted by molar-refractivity contribution is -0.136. The third-order valence-electron chi connectivity index (χ3n) is 7.01. The summed E-state index contributed by atoms with van der Waals surface area (Å²) in [4.78, 5) is 36.6. The fourth-order valence-corrected chi connectivity index (χ4v) is 4.80. The molecule has 1 unspecified atom stereocenters. The van der Waals surface area contributed by atoms with E-state index in [-0.39, 0.29) is 30.6 Å². The number of allylic oxidation sites excluding steroid dienone is 2. The SMILES string of the molecule is CC.N=C(N)c1cccc(NC(=O)C(Cc2ccc(C(=O)NCCC(=O)O)cc2)c2ccc(C3=CCCCC3)cc2)c1. The number of carboxylic acids is 1. The lowest BCUT2D eigenvalue weighted by Gasteiger charge is -2.19. The summed E-state index contributed by atoms with van der Waals surface area (Å²) in [5, 5.41) is 22.0. The molecule has 1 aliphatic rings. The molecule has 0 bridgehead atoms. The number of rotatable bonds is 11. The van der Waals surface area contributed by atoms with Gasteiger partial charge in [0, 0.05) is 23.4 Å². The van der Waals surface area contributed by atoms with Gasteiger partial charge in [0.25, 0.3) is 5.91 Å². The summed E-state index contributed by atoms with van der Waals surface area (Å²) in [7, 11) is 0. The monoisotopic (exact) mass is 568 g/mol. The molecule has 0 aliphatic heterocycles. The Labute approximate surface area is 247 Å². The van der Waals surface area contributed by atoms with Crippen molar-refractivity contribution in [3.8, 4) is 0 Å². The van der Waals surface area contributed by atoms with Crippen molar-refractivity contribution in [1.82, 2.24) is 5.32 Å². The number of nitrogens with two attached hydrogens (primary N) is 1. The summed E-state index contributed by atoms with van der Waals surface area (Å²) >= 11 is 0. The molecule has 1 atom stereocenters. The third-order valence-corrected chi connectivity index (χ3v) is 7.01. The fraction of sp³-hybridized carbons (Fsp3) is 0.294. The molecule has 0 radical (unpaired) electrons. The van der Waals surface area contributed by atoms with E-state index in [4.69, 9.17) is 16.2 Å². The van der Waals surface area contributed by atoms with Gasteiger partial charge < -0.3 is 21.5 Å². The topological polar surface area (TPSA) is 145 Å². The zero-order valence-electron chi connectivity index (χ0n) is 24.3. The molecule has 4 rings (SSSR count). The van der Waals surface area contributed by atoms with Gasteiger partial charge in [-0.2, -0.15) is 0 Å². The van der Waals surface area contributed by atoms with E-state index in [2.05, 4.69) is 28.8 Å². The summed E-state index contributed by atoms with van der Waals surface area (Å²) in [5.74, 6) is -2.10. The van der Waals surface area contributed by atoms with Gasteiger partial charge in [-0.1, -0.05) is 68.5 Å². The predicted octanol–water partition coefficient (Wildman–Crippen LogP) is 6.12. The summed E-state index contributed by atoms with van der Waals surface area (Å²) < 4.78 is 0. The Morgan fingerprint density at radius 2 is 1.67 bits per heavy atom. The highest BCUT2D eigenvalue weighted by Crippen LogP contribution is 2.29. The first-order valence-electron chi connectivity index (χ1n) is 14.4. The van der Waals surface area contributed by atoms with Gasteiger partial charge >= 0.3 is 5.97 Å². The Morgan fingerprint density at radius 1 is 0.952 bits per heavy atom. The largest absolute Gasteiger partial charge is 0.481 e. The summed E-state index contributed by atoms with van der Waals surface area (Å²) in [6.07, 6.45) is 7.11. The highest BCUT2D eigenvalue weighted by atomic mass is 16.4. The summed E-state index contributed by atoms with van der Waals surface area (Å²) in [5.41, 5.74) is 11.4. The van der Waals surface area contributed by atoms with Gasteiger partial charge in [0.15, 0.2) is 0 Å². The Hall–Kier alpha value is -4.72. The number of hydrogen-bond acceptors (Lipinski definition) is 4. The van der Waals surface area contributed by atoms with E-state index in [0.29, 0.717) is 23.2 Å². The van der Waals surface area contributed by atoms with Crippen molar-refractivity contribution in [2.45, 2.75) is 58.3 Å². The minimum atomic E-state index is -0.975. The maximum atomic E-state index is 13.6. The molecular weight excluding hydrogens is 528 g/mol. The van der Waals surface area contributed by atoms with Crippen molar-refractivity contribution in [3.63, 3.8) is 0 Å². The number of hydrogen-bond donors (Lipinski definition) is 5. The molecule has 0 saturated carbocycles. The van der Waals surface area contributed by atoms with E-state index in [0.717, 1.165) is 24.0 Å². The van der Waals surface area contributed by atoms with Crippen LogP contribution in [0.4, 0.5) is 5.69 Å². The highest BCUT2D eigenvalue weighted by Gasteiger charge is 2.22. The van der Waals surface area contributed by atoms with Crippen LogP contribution in [0.3, 0.4) is 0 Å². The second-order valence-electron chi connectivity index (χ2n) is 9.93. The zero-order valence-corrected chi connectivity index (χ0v) is 24.3. The van der Waals surface area contributed by atoms with E-state index >= 15 is 0 Å². The van der Waals surface area contributed by atoms with Gasteiger partial charge in [-0.3, -0.25) is 19.8 Å². The molecule has 0 saturated heterocycles. The second-order valence-corrected chi connectivity index (χ2v) is 9.93. The van der Waals surface area contributed by atoms with Crippen LogP contribution in [0.15, 0.2) is 78.9 Å². The van der Waals surface area contributed by atoms with E-state index in [9.17, 15) is 14.4 Å². The minimum absolute atomic E-state index is 0.0515. The summed E-state index contributed by atoms with van der Waals surface area (Å²) in [6.45, 7) is 4.05. The lowest BCUT2D eigenvalue weighted by Crippen LogP contribution is -2.26. The molecule has 8 nitrogen and oxygen atoms in total. The number of benzene rings is 3. The van der Waals surface area contributed by atoms with Crippen molar-refractivity contribution in [1.29, 1.82) is 5.41 Å². The van der Waals surface area contributed by atoms with Crippen LogP contribution in [0.25, 0.3) is 5.57 Å². The molecular formula is C34H40N4O4. The zero-order chi connectivity index (χ0) is 30.5. The van der Waals surface area contributed by atoms with E-state index in [1.54, 1.807) is 36.4 Å². The van der Waals surface area contributed by atoms with Crippen molar-refractivity contribution in [3.05, 3.63) is 107 Å². The highest BCUT2D eigenvalue weighted by molar-refractivity contribution is 5.99. The number of aliphatic carboxylic acids is 1. The number of carbonyl (C=O) groups excluding carboxylic acids is 2. The first-order valence-corrected chi connectivity index (χ1v) is 14.4.